The number of carbonyl (C=O) groups is 1. The predicted octanol–water partition coefficient (Wildman–Crippen LogP) is 2.45. The molecule has 0 aliphatic carbocycles. The van der Waals surface area contributed by atoms with Gasteiger partial charge in [-0.2, -0.15) is 5.10 Å². The molecule has 5 heteroatoms. The lowest BCUT2D eigenvalue weighted by Gasteiger charge is -2.01. The van der Waals surface area contributed by atoms with E-state index in [9.17, 15) is 4.79 Å². The van der Waals surface area contributed by atoms with Gasteiger partial charge in [0.05, 0.1) is 5.69 Å². The summed E-state index contributed by atoms with van der Waals surface area (Å²) in [6.07, 6.45) is 3.51. The number of aromatic nitrogens is 3. The van der Waals surface area contributed by atoms with Gasteiger partial charge < -0.3 is 10.3 Å². The maximum absolute atomic E-state index is 11.8. The van der Waals surface area contributed by atoms with Crippen molar-refractivity contribution in [2.75, 3.05) is 5.32 Å². The first-order valence-electron chi connectivity index (χ1n) is 5.89. The molecule has 0 spiro atoms. The van der Waals surface area contributed by atoms with Crippen LogP contribution in [0.3, 0.4) is 0 Å². The van der Waals surface area contributed by atoms with Gasteiger partial charge in [-0.1, -0.05) is 18.2 Å². The Bertz CT molecular complexity index is 671. The summed E-state index contributed by atoms with van der Waals surface area (Å²) in [5.41, 5.74) is 1.46. The van der Waals surface area contributed by atoms with E-state index < -0.39 is 0 Å². The molecule has 1 amide bonds. The van der Waals surface area contributed by atoms with E-state index in [1.54, 1.807) is 35.3 Å². The van der Waals surface area contributed by atoms with Gasteiger partial charge in [0.2, 0.25) is 0 Å². The number of nitrogens with zero attached hydrogens (tertiary/aromatic N) is 2. The molecule has 0 aliphatic rings. The smallest absolute Gasteiger partial charge is 0.273 e. The van der Waals surface area contributed by atoms with E-state index in [4.69, 9.17) is 0 Å². The third-order valence-corrected chi connectivity index (χ3v) is 2.69. The van der Waals surface area contributed by atoms with Crippen molar-refractivity contribution in [3.63, 3.8) is 0 Å². The monoisotopic (exact) mass is 252 g/mol. The summed E-state index contributed by atoms with van der Waals surface area (Å²) in [6.45, 7) is 0. The Hall–Kier alpha value is -2.82. The minimum atomic E-state index is -0.205. The fourth-order valence-corrected chi connectivity index (χ4v) is 1.77. The van der Waals surface area contributed by atoms with Crippen molar-refractivity contribution in [1.29, 1.82) is 0 Å². The molecule has 0 radical (unpaired) electrons. The van der Waals surface area contributed by atoms with E-state index in [-0.39, 0.29) is 5.91 Å². The maximum Gasteiger partial charge on any atom is 0.273 e. The van der Waals surface area contributed by atoms with E-state index in [2.05, 4.69) is 15.4 Å². The normalized spacial score (nSPS) is 10.3. The van der Waals surface area contributed by atoms with Crippen molar-refractivity contribution >= 4 is 11.7 Å². The van der Waals surface area contributed by atoms with Gasteiger partial charge >= 0.3 is 0 Å². The number of H-pyrrole nitrogens is 1. The van der Waals surface area contributed by atoms with Gasteiger partial charge in [0.15, 0.2) is 5.82 Å². The molecule has 2 N–H and O–H groups in total. The molecular weight excluding hydrogens is 240 g/mol. The van der Waals surface area contributed by atoms with Gasteiger partial charge in [0.25, 0.3) is 5.91 Å². The predicted molar refractivity (Wildman–Crippen MR) is 72.3 cm³/mol. The Morgan fingerprint density at radius 2 is 1.95 bits per heavy atom. The molecule has 0 saturated carbocycles. The molecule has 0 bridgehead atoms. The number of rotatable bonds is 3. The topological polar surface area (TPSA) is 62.7 Å². The van der Waals surface area contributed by atoms with Crippen LogP contribution in [0.25, 0.3) is 5.69 Å². The summed E-state index contributed by atoms with van der Waals surface area (Å²) in [5, 5.41) is 7.03. The molecule has 0 aliphatic heterocycles. The second-order valence-corrected chi connectivity index (χ2v) is 4.02. The Morgan fingerprint density at radius 3 is 2.68 bits per heavy atom. The van der Waals surface area contributed by atoms with Crippen LogP contribution in [0.5, 0.6) is 0 Å². The zero-order valence-electron chi connectivity index (χ0n) is 10.1. The lowest BCUT2D eigenvalue weighted by Crippen LogP contribution is -2.12. The third-order valence-electron chi connectivity index (χ3n) is 2.69. The quantitative estimate of drug-likeness (QED) is 0.752. The van der Waals surface area contributed by atoms with Crippen molar-refractivity contribution in [3.05, 3.63) is 66.6 Å². The number of benzene rings is 1. The summed E-state index contributed by atoms with van der Waals surface area (Å²) in [5.74, 6) is 0.312. The molecule has 0 saturated heterocycles. The highest BCUT2D eigenvalue weighted by molar-refractivity contribution is 6.02. The Labute approximate surface area is 109 Å². The number of hydrogen-bond donors (Lipinski definition) is 2. The molecule has 0 atom stereocenters. The van der Waals surface area contributed by atoms with E-state index in [1.165, 1.54) is 0 Å². The first-order valence-corrected chi connectivity index (χ1v) is 5.89. The molecule has 2 heterocycles. The van der Waals surface area contributed by atoms with Crippen molar-refractivity contribution in [2.45, 2.75) is 0 Å². The standard InChI is InChI=1S/C14H12N4O/c19-14(12-7-4-9-15-12)16-13-8-10-18(17-13)11-5-2-1-3-6-11/h1-10,15H,(H,16,17,19). The Morgan fingerprint density at radius 1 is 1.11 bits per heavy atom. The van der Waals surface area contributed by atoms with Gasteiger partial charge in [-0.15, -0.1) is 0 Å². The van der Waals surface area contributed by atoms with Gasteiger partial charge in [-0.25, -0.2) is 4.68 Å². The second-order valence-electron chi connectivity index (χ2n) is 4.02. The zero-order chi connectivity index (χ0) is 13.1. The van der Waals surface area contributed by atoms with Crippen molar-refractivity contribution in [3.8, 4) is 5.69 Å². The van der Waals surface area contributed by atoms with Crippen molar-refractivity contribution in [1.82, 2.24) is 14.8 Å². The summed E-state index contributed by atoms with van der Waals surface area (Å²) in [7, 11) is 0. The minimum absolute atomic E-state index is 0.205. The van der Waals surface area contributed by atoms with E-state index in [0.29, 0.717) is 11.5 Å². The minimum Gasteiger partial charge on any atom is -0.357 e. The largest absolute Gasteiger partial charge is 0.357 e. The van der Waals surface area contributed by atoms with Crippen LogP contribution in [-0.2, 0) is 0 Å². The molecule has 5 nitrogen and oxygen atoms in total. The van der Waals surface area contributed by atoms with Crippen molar-refractivity contribution < 1.29 is 4.79 Å². The van der Waals surface area contributed by atoms with Gasteiger partial charge in [0, 0.05) is 18.5 Å². The average Bonchev–Trinajstić information content (AvgIpc) is 3.11. The lowest BCUT2D eigenvalue weighted by molar-refractivity contribution is 0.102. The molecule has 1 aromatic carbocycles. The highest BCUT2D eigenvalue weighted by Crippen LogP contribution is 2.10. The van der Waals surface area contributed by atoms with Crippen LogP contribution in [0.1, 0.15) is 10.5 Å². The molecule has 2 aromatic heterocycles. The van der Waals surface area contributed by atoms with Crippen LogP contribution < -0.4 is 5.32 Å². The molecule has 19 heavy (non-hydrogen) atoms. The van der Waals surface area contributed by atoms with Crippen molar-refractivity contribution in [2.24, 2.45) is 0 Å². The highest BCUT2D eigenvalue weighted by Gasteiger charge is 2.08. The van der Waals surface area contributed by atoms with Gasteiger partial charge in [-0.05, 0) is 24.3 Å². The van der Waals surface area contributed by atoms with E-state index in [1.807, 2.05) is 30.3 Å². The number of para-hydroxylation sites is 1. The number of anilines is 1. The summed E-state index contributed by atoms with van der Waals surface area (Å²) < 4.78 is 1.71. The van der Waals surface area contributed by atoms with Crippen LogP contribution in [0, 0.1) is 0 Å². The third kappa shape index (κ3) is 2.40. The summed E-state index contributed by atoms with van der Waals surface area (Å²) in [6, 6.07) is 15.0. The van der Waals surface area contributed by atoms with Crippen LogP contribution in [-0.4, -0.2) is 20.7 Å². The van der Waals surface area contributed by atoms with Gasteiger partial charge in [-0.3, -0.25) is 4.79 Å². The molecule has 3 aromatic rings. The lowest BCUT2D eigenvalue weighted by atomic mass is 10.3. The number of aromatic amines is 1. The maximum atomic E-state index is 11.8. The molecule has 0 fully saturated rings. The summed E-state index contributed by atoms with van der Waals surface area (Å²) in [4.78, 5) is 14.7. The molecular formula is C14H12N4O. The van der Waals surface area contributed by atoms with Crippen LogP contribution in [0.2, 0.25) is 0 Å². The molecule has 0 unspecified atom stereocenters. The van der Waals surface area contributed by atoms with Gasteiger partial charge in [0.1, 0.15) is 5.69 Å². The SMILES string of the molecule is O=C(Nc1ccn(-c2ccccc2)n1)c1ccc[nH]1. The van der Waals surface area contributed by atoms with E-state index >= 15 is 0 Å². The second kappa shape index (κ2) is 4.81. The Kier molecular flexibility index (Phi) is 2.86. The first kappa shape index (κ1) is 11.3. The first-order chi connectivity index (χ1) is 9.33. The van der Waals surface area contributed by atoms with Crippen LogP contribution >= 0.6 is 0 Å². The fourth-order valence-electron chi connectivity index (χ4n) is 1.77. The van der Waals surface area contributed by atoms with Crippen LogP contribution in [0.15, 0.2) is 60.9 Å². The van der Waals surface area contributed by atoms with Crippen LogP contribution in [0.4, 0.5) is 5.82 Å². The molecule has 94 valence electrons. The number of carbonyl (C=O) groups excluding carboxylic acids is 1. The summed E-state index contributed by atoms with van der Waals surface area (Å²) >= 11 is 0. The Balaban J connectivity index is 1.77. The van der Waals surface area contributed by atoms with E-state index in [0.717, 1.165) is 5.69 Å². The highest BCUT2D eigenvalue weighted by atomic mass is 16.1. The number of hydrogen-bond acceptors (Lipinski definition) is 2. The molecule has 3 rings (SSSR count). The number of amides is 1. The fraction of sp³-hybridized carbons (Fsp3) is 0. The zero-order valence-corrected chi connectivity index (χ0v) is 10.1. The number of nitrogens with one attached hydrogen (secondary N) is 2. The average molecular weight is 252 g/mol.